The van der Waals surface area contributed by atoms with Crippen LogP contribution in [0.1, 0.15) is 41.3 Å². The van der Waals surface area contributed by atoms with E-state index in [1.54, 1.807) is 49.4 Å². The summed E-state index contributed by atoms with van der Waals surface area (Å²) in [6.45, 7) is 3.13. The fraction of sp³-hybridized carbons (Fsp3) is 0.273. The fourth-order valence-electron chi connectivity index (χ4n) is 2.83. The lowest BCUT2D eigenvalue weighted by atomic mass is 9.99. The molecule has 2 aromatic carbocycles. The molecule has 2 rings (SSSR count). The summed E-state index contributed by atoms with van der Waals surface area (Å²) < 4.78 is 5.03. The second kappa shape index (κ2) is 10.8. The fourth-order valence-corrected chi connectivity index (χ4v) is 2.83. The SMILES string of the molecule is CC(=O)Nc1ccc(C(=O)CCC(NC(=O)OCc2ccccc2)C(=O)O)c(C)c1. The van der Waals surface area contributed by atoms with Gasteiger partial charge in [-0.1, -0.05) is 30.3 Å². The lowest BCUT2D eigenvalue weighted by Crippen LogP contribution is -2.41. The van der Waals surface area contributed by atoms with E-state index in [0.717, 1.165) is 5.56 Å². The molecule has 1 unspecified atom stereocenters. The van der Waals surface area contributed by atoms with Gasteiger partial charge in [-0.2, -0.15) is 0 Å². The molecule has 2 amide bonds. The first-order valence-electron chi connectivity index (χ1n) is 9.37. The standard InChI is InChI=1S/C22H24N2O6/c1-14-12-17(23-15(2)25)8-9-18(14)20(26)11-10-19(21(27)28)24-22(29)30-13-16-6-4-3-5-7-16/h3-9,12,19H,10-11,13H2,1-2H3,(H,23,25)(H,24,29)(H,27,28). The number of carbonyl (C=O) groups is 4. The Morgan fingerprint density at radius 2 is 1.77 bits per heavy atom. The average Bonchev–Trinajstić information content (AvgIpc) is 2.69. The van der Waals surface area contributed by atoms with Crippen LogP contribution in [0.3, 0.4) is 0 Å². The highest BCUT2D eigenvalue weighted by atomic mass is 16.5. The zero-order valence-corrected chi connectivity index (χ0v) is 16.8. The van der Waals surface area contributed by atoms with Crippen molar-refractivity contribution in [2.75, 3.05) is 5.32 Å². The third-order valence-corrected chi connectivity index (χ3v) is 4.31. The van der Waals surface area contributed by atoms with Crippen LogP contribution in [0.5, 0.6) is 0 Å². The Kier molecular flexibility index (Phi) is 8.10. The van der Waals surface area contributed by atoms with Crippen LogP contribution in [0, 0.1) is 6.92 Å². The van der Waals surface area contributed by atoms with Crippen LogP contribution in [-0.4, -0.2) is 34.9 Å². The van der Waals surface area contributed by atoms with Gasteiger partial charge in [0, 0.05) is 24.6 Å². The average molecular weight is 412 g/mol. The summed E-state index contributed by atoms with van der Waals surface area (Å²) in [6, 6.07) is 12.6. The molecular weight excluding hydrogens is 388 g/mol. The number of nitrogens with one attached hydrogen (secondary N) is 2. The molecule has 0 aromatic heterocycles. The number of benzene rings is 2. The first kappa shape index (κ1) is 22.6. The van der Waals surface area contributed by atoms with Crippen molar-refractivity contribution in [3.05, 3.63) is 65.2 Å². The highest BCUT2D eigenvalue weighted by Crippen LogP contribution is 2.18. The largest absolute Gasteiger partial charge is 0.480 e. The molecule has 3 N–H and O–H groups in total. The van der Waals surface area contributed by atoms with E-state index < -0.39 is 18.1 Å². The van der Waals surface area contributed by atoms with Crippen LogP contribution in [0.25, 0.3) is 0 Å². The van der Waals surface area contributed by atoms with E-state index in [1.165, 1.54) is 6.92 Å². The van der Waals surface area contributed by atoms with Gasteiger partial charge in [-0.3, -0.25) is 9.59 Å². The second-order valence-corrected chi connectivity index (χ2v) is 6.77. The Morgan fingerprint density at radius 1 is 1.07 bits per heavy atom. The molecular formula is C22H24N2O6. The third kappa shape index (κ3) is 7.05. The van der Waals surface area contributed by atoms with Crippen LogP contribution in [0.15, 0.2) is 48.5 Å². The number of alkyl carbamates (subject to hydrolysis) is 1. The van der Waals surface area contributed by atoms with Crippen LogP contribution in [-0.2, 0) is 20.9 Å². The molecule has 0 fully saturated rings. The Hall–Kier alpha value is -3.68. The van der Waals surface area contributed by atoms with Gasteiger partial charge >= 0.3 is 12.1 Å². The minimum Gasteiger partial charge on any atom is -0.480 e. The van der Waals surface area contributed by atoms with Crippen LogP contribution < -0.4 is 10.6 Å². The molecule has 2 aromatic rings. The Morgan fingerprint density at radius 3 is 2.37 bits per heavy atom. The molecule has 0 saturated carbocycles. The molecule has 8 heteroatoms. The molecule has 1 atom stereocenters. The van der Waals surface area contributed by atoms with Gasteiger partial charge < -0.3 is 20.5 Å². The summed E-state index contributed by atoms with van der Waals surface area (Å²) in [5.41, 5.74) is 2.43. The van der Waals surface area contributed by atoms with Gasteiger partial charge in [0.2, 0.25) is 5.91 Å². The summed E-state index contributed by atoms with van der Waals surface area (Å²) in [5, 5.41) is 14.3. The Bertz CT molecular complexity index is 926. The second-order valence-electron chi connectivity index (χ2n) is 6.77. The number of aryl methyl sites for hydroxylation is 1. The van der Waals surface area contributed by atoms with Crippen LogP contribution in [0.4, 0.5) is 10.5 Å². The van der Waals surface area contributed by atoms with Gasteiger partial charge in [0.15, 0.2) is 5.78 Å². The van der Waals surface area contributed by atoms with Gasteiger partial charge in [-0.15, -0.1) is 0 Å². The molecule has 0 aliphatic heterocycles. The number of rotatable bonds is 9. The number of hydrogen-bond donors (Lipinski definition) is 3. The van der Waals surface area contributed by atoms with E-state index in [4.69, 9.17) is 4.74 Å². The highest BCUT2D eigenvalue weighted by molar-refractivity contribution is 5.98. The normalized spacial score (nSPS) is 11.3. The molecule has 0 aliphatic carbocycles. The lowest BCUT2D eigenvalue weighted by molar-refractivity contribution is -0.139. The minimum atomic E-state index is -1.25. The van der Waals surface area contributed by atoms with E-state index in [9.17, 15) is 24.3 Å². The first-order valence-corrected chi connectivity index (χ1v) is 9.37. The number of anilines is 1. The summed E-state index contributed by atoms with van der Waals surface area (Å²) >= 11 is 0. The molecule has 0 heterocycles. The topological polar surface area (TPSA) is 122 Å². The number of ketones is 1. The van der Waals surface area contributed by atoms with Crippen molar-refractivity contribution in [1.82, 2.24) is 5.32 Å². The van der Waals surface area contributed by atoms with Gasteiger partial charge in [0.25, 0.3) is 0 Å². The molecule has 0 bridgehead atoms. The van der Waals surface area contributed by atoms with Gasteiger partial charge in [-0.05, 0) is 42.7 Å². The zero-order valence-electron chi connectivity index (χ0n) is 16.8. The minimum absolute atomic E-state index is 0.0117. The van der Waals surface area contributed by atoms with E-state index in [0.29, 0.717) is 16.8 Å². The van der Waals surface area contributed by atoms with Crippen molar-refractivity contribution < 1.29 is 29.0 Å². The lowest BCUT2D eigenvalue weighted by Gasteiger charge is -2.15. The number of carbonyl (C=O) groups excluding carboxylic acids is 3. The van der Waals surface area contributed by atoms with E-state index >= 15 is 0 Å². The number of carboxylic acid groups (broad SMARTS) is 1. The smallest absolute Gasteiger partial charge is 0.408 e. The van der Waals surface area contributed by atoms with Crippen LogP contribution in [0.2, 0.25) is 0 Å². The monoisotopic (exact) mass is 412 g/mol. The summed E-state index contributed by atoms with van der Waals surface area (Å²) in [4.78, 5) is 47.0. The molecule has 158 valence electrons. The van der Waals surface area contributed by atoms with Gasteiger partial charge in [-0.25, -0.2) is 9.59 Å². The maximum Gasteiger partial charge on any atom is 0.408 e. The highest BCUT2D eigenvalue weighted by Gasteiger charge is 2.22. The van der Waals surface area contributed by atoms with Gasteiger partial charge in [0.05, 0.1) is 0 Å². The third-order valence-electron chi connectivity index (χ3n) is 4.31. The van der Waals surface area contributed by atoms with Crippen molar-refractivity contribution in [3.63, 3.8) is 0 Å². The molecule has 0 radical (unpaired) electrons. The van der Waals surface area contributed by atoms with Crippen molar-refractivity contribution >= 4 is 29.4 Å². The summed E-state index contributed by atoms with van der Waals surface area (Å²) in [7, 11) is 0. The predicted octanol–water partition coefficient (Wildman–Crippen LogP) is 3.30. The zero-order chi connectivity index (χ0) is 22.1. The number of hydrogen-bond acceptors (Lipinski definition) is 5. The van der Waals surface area contributed by atoms with Crippen molar-refractivity contribution in [1.29, 1.82) is 0 Å². The number of amides is 2. The number of ether oxygens (including phenoxy) is 1. The van der Waals surface area contributed by atoms with Gasteiger partial charge in [0.1, 0.15) is 12.6 Å². The quantitative estimate of drug-likeness (QED) is 0.543. The van der Waals surface area contributed by atoms with Crippen molar-refractivity contribution in [2.24, 2.45) is 0 Å². The molecule has 0 spiro atoms. The Labute approximate surface area is 174 Å². The molecule has 30 heavy (non-hydrogen) atoms. The number of aliphatic carboxylic acids is 1. The predicted molar refractivity (Wildman–Crippen MR) is 110 cm³/mol. The summed E-state index contributed by atoms with van der Waals surface area (Å²) in [5.74, 6) is -1.73. The van der Waals surface area contributed by atoms with Crippen LogP contribution >= 0.6 is 0 Å². The molecule has 0 saturated heterocycles. The summed E-state index contributed by atoms with van der Waals surface area (Å²) in [6.07, 6.45) is -1.02. The molecule has 8 nitrogen and oxygen atoms in total. The van der Waals surface area contributed by atoms with E-state index in [-0.39, 0.29) is 31.1 Å². The molecule has 0 aliphatic rings. The maximum atomic E-state index is 12.5. The Balaban J connectivity index is 1.90. The first-order chi connectivity index (χ1) is 14.3. The number of carboxylic acids is 1. The van der Waals surface area contributed by atoms with E-state index in [1.807, 2.05) is 6.07 Å². The van der Waals surface area contributed by atoms with E-state index in [2.05, 4.69) is 10.6 Å². The van der Waals surface area contributed by atoms with Crippen molar-refractivity contribution in [2.45, 2.75) is 39.3 Å². The number of Topliss-reactive ketones (excluding diaryl/α,β-unsaturated/α-hetero) is 1. The maximum absolute atomic E-state index is 12.5. The van der Waals surface area contributed by atoms with Crippen molar-refractivity contribution in [3.8, 4) is 0 Å².